The molecule has 0 saturated heterocycles. The van der Waals surface area contributed by atoms with Crippen molar-refractivity contribution in [2.75, 3.05) is 0 Å². The molecule has 3 nitrogen and oxygen atoms in total. The fraction of sp³-hybridized carbons (Fsp3) is 0.167. The Morgan fingerprint density at radius 3 is 2.43 bits per heavy atom. The third-order valence-corrected chi connectivity index (χ3v) is 3.67. The highest BCUT2D eigenvalue weighted by Crippen LogP contribution is 2.24. The number of rotatable bonds is 4. The van der Waals surface area contributed by atoms with Crippen molar-refractivity contribution < 1.29 is 5.11 Å². The quantitative estimate of drug-likeness (QED) is 0.794. The van der Waals surface area contributed by atoms with Crippen LogP contribution in [0.25, 0.3) is 11.1 Å². The number of aryl methyl sites for hydroxylation is 1. The number of hydrogen-bond donors (Lipinski definition) is 1. The van der Waals surface area contributed by atoms with E-state index < -0.39 is 0 Å². The summed E-state index contributed by atoms with van der Waals surface area (Å²) < 4.78 is 2.01. The summed E-state index contributed by atoms with van der Waals surface area (Å²) in [6.45, 7) is 2.86. The first-order valence-electron chi connectivity index (χ1n) is 7.02. The Labute approximate surface area is 124 Å². The molecule has 0 aliphatic carbocycles. The lowest BCUT2D eigenvalue weighted by Crippen LogP contribution is -2.01. The molecule has 3 aromatic rings. The zero-order chi connectivity index (χ0) is 14.7. The lowest BCUT2D eigenvalue weighted by atomic mass is 9.98. The van der Waals surface area contributed by atoms with Gasteiger partial charge in [-0.05, 0) is 35.2 Å². The Balaban J connectivity index is 1.98. The van der Waals surface area contributed by atoms with Gasteiger partial charge in [0.2, 0.25) is 0 Å². The lowest BCUT2D eigenvalue weighted by molar-refractivity contribution is 0.280. The van der Waals surface area contributed by atoms with Crippen LogP contribution < -0.4 is 0 Å². The molecule has 0 atom stereocenters. The van der Waals surface area contributed by atoms with Gasteiger partial charge in [0.05, 0.1) is 12.9 Å². The van der Waals surface area contributed by atoms with Gasteiger partial charge in [-0.15, -0.1) is 0 Å². The third kappa shape index (κ3) is 3.03. The van der Waals surface area contributed by atoms with Crippen molar-refractivity contribution in [3.8, 4) is 11.1 Å². The summed E-state index contributed by atoms with van der Waals surface area (Å²) in [5, 5.41) is 9.52. The van der Waals surface area contributed by atoms with E-state index in [2.05, 4.69) is 48.3 Å². The van der Waals surface area contributed by atoms with Crippen LogP contribution in [0.4, 0.5) is 0 Å². The molecule has 1 heterocycles. The molecule has 0 unspecified atom stereocenters. The maximum Gasteiger partial charge on any atom is 0.0949 e. The SMILES string of the molecule is Cc1ccc(-c2ccc(CO)c(Cn3ccnc3)c2)cc1. The normalized spacial score (nSPS) is 10.8. The van der Waals surface area contributed by atoms with Crippen LogP contribution in [0.2, 0.25) is 0 Å². The van der Waals surface area contributed by atoms with Crippen molar-refractivity contribution in [2.45, 2.75) is 20.1 Å². The molecule has 0 aliphatic heterocycles. The molecule has 0 amide bonds. The molecular formula is C18H18N2O. The number of aliphatic hydroxyl groups is 1. The second-order valence-corrected chi connectivity index (χ2v) is 5.24. The largest absolute Gasteiger partial charge is 0.392 e. The molecule has 1 aromatic heterocycles. The molecule has 0 spiro atoms. The predicted molar refractivity (Wildman–Crippen MR) is 83.9 cm³/mol. The van der Waals surface area contributed by atoms with Gasteiger partial charge >= 0.3 is 0 Å². The molecule has 106 valence electrons. The fourth-order valence-electron chi connectivity index (χ4n) is 2.43. The summed E-state index contributed by atoms with van der Waals surface area (Å²) in [5.74, 6) is 0. The number of imidazole rings is 1. The summed E-state index contributed by atoms with van der Waals surface area (Å²) in [7, 11) is 0. The molecule has 0 fully saturated rings. The van der Waals surface area contributed by atoms with Gasteiger partial charge in [-0.25, -0.2) is 4.98 Å². The first-order valence-corrected chi connectivity index (χ1v) is 7.02. The van der Waals surface area contributed by atoms with Crippen LogP contribution in [0, 0.1) is 6.92 Å². The Hall–Kier alpha value is -2.39. The average molecular weight is 278 g/mol. The first kappa shape index (κ1) is 13.6. The second kappa shape index (κ2) is 5.94. The topological polar surface area (TPSA) is 38.0 Å². The number of aromatic nitrogens is 2. The summed E-state index contributed by atoms with van der Waals surface area (Å²) >= 11 is 0. The van der Waals surface area contributed by atoms with Crippen molar-refractivity contribution in [1.82, 2.24) is 9.55 Å². The molecule has 0 bridgehead atoms. The number of benzene rings is 2. The third-order valence-electron chi connectivity index (χ3n) is 3.67. The summed E-state index contributed by atoms with van der Waals surface area (Å²) in [4.78, 5) is 4.06. The molecule has 0 aliphatic rings. The van der Waals surface area contributed by atoms with E-state index in [4.69, 9.17) is 0 Å². The van der Waals surface area contributed by atoms with Gasteiger partial charge in [0.1, 0.15) is 0 Å². The zero-order valence-electron chi connectivity index (χ0n) is 12.0. The first-order chi connectivity index (χ1) is 10.3. The highest BCUT2D eigenvalue weighted by Gasteiger charge is 2.06. The van der Waals surface area contributed by atoms with E-state index in [9.17, 15) is 5.11 Å². The number of hydrogen-bond acceptors (Lipinski definition) is 2. The minimum absolute atomic E-state index is 0.0538. The Morgan fingerprint density at radius 2 is 1.76 bits per heavy atom. The molecule has 21 heavy (non-hydrogen) atoms. The van der Waals surface area contributed by atoms with E-state index in [0.29, 0.717) is 0 Å². The molecule has 2 aromatic carbocycles. The molecule has 0 radical (unpaired) electrons. The zero-order valence-corrected chi connectivity index (χ0v) is 12.0. The minimum atomic E-state index is 0.0538. The van der Waals surface area contributed by atoms with Crippen LogP contribution in [0.5, 0.6) is 0 Å². The number of aliphatic hydroxyl groups excluding tert-OH is 1. The van der Waals surface area contributed by atoms with Gasteiger partial charge < -0.3 is 9.67 Å². The van der Waals surface area contributed by atoms with Gasteiger partial charge in [-0.1, -0.05) is 42.0 Å². The van der Waals surface area contributed by atoms with E-state index in [0.717, 1.165) is 17.7 Å². The van der Waals surface area contributed by atoms with E-state index in [1.54, 1.807) is 12.5 Å². The summed E-state index contributed by atoms with van der Waals surface area (Å²) in [6, 6.07) is 14.7. The van der Waals surface area contributed by atoms with Crippen LogP contribution >= 0.6 is 0 Å². The van der Waals surface area contributed by atoms with Gasteiger partial charge in [-0.3, -0.25) is 0 Å². The number of nitrogens with zero attached hydrogens (tertiary/aromatic N) is 2. The molecular weight excluding hydrogens is 260 g/mol. The van der Waals surface area contributed by atoms with E-state index in [1.165, 1.54) is 16.7 Å². The standard InChI is InChI=1S/C18H18N2O/c1-14-2-4-15(5-3-14)16-6-7-17(12-21)18(10-16)11-20-9-8-19-13-20/h2-10,13,21H,11-12H2,1H3. The Morgan fingerprint density at radius 1 is 1.00 bits per heavy atom. The summed E-state index contributed by atoms with van der Waals surface area (Å²) in [5.41, 5.74) is 5.69. The maximum atomic E-state index is 9.52. The Kier molecular flexibility index (Phi) is 3.84. The molecule has 3 rings (SSSR count). The highest BCUT2D eigenvalue weighted by atomic mass is 16.3. The Bertz CT molecular complexity index is 715. The fourth-order valence-corrected chi connectivity index (χ4v) is 2.43. The van der Waals surface area contributed by atoms with Crippen molar-refractivity contribution in [3.63, 3.8) is 0 Å². The highest BCUT2D eigenvalue weighted by molar-refractivity contribution is 5.65. The van der Waals surface area contributed by atoms with E-state index in [1.807, 2.05) is 16.8 Å². The molecule has 3 heteroatoms. The average Bonchev–Trinajstić information content (AvgIpc) is 3.01. The smallest absolute Gasteiger partial charge is 0.0949 e. The van der Waals surface area contributed by atoms with Crippen molar-refractivity contribution in [3.05, 3.63) is 77.9 Å². The van der Waals surface area contributed by atoms with Gasteiger partial charge in [0, 0.05) is 18.9 Å². The van der Waals surface area contributed by atoms with Crippen LogP contribution in [0.3, 0.4) is 0 Å². The van der Waals surface area contributed by atoms with Gasteiger partial charge in [-0.2, -0.15) is 0 Å². The monoisotopic (exact) mass is 278 g/mol. The molecule has 0 saturated carbocycles. The van der Waals surface area contributed by atoms with Crippen molar-refractivity contribution in [1.29, 1.82) is 0 Å². The minimum Gasteiger partial charge on any atom is -0.392 e. The molecule has 1 N–H and O–H groups in total. The predicted octanol–water partition coefficient (Wildman–Crippen LogP) is 3.40. The van der Waals surface area contributed by atoms with E-state index >= 15 is 0 Å². The second-order valence-electron chi connectivity index (χ2n) is 5.24. The summed E-state index contributed by atoms with van der Waals surface area (Å²) in [6.07, 6.45) is 5.49. The van der Waals surface area contributed by atoms with Crippen molar-refractivity contribution >= 4 is 0 Å². The van der Waals surface area contributed by atoms with Crippen LogP contribution in [-0.2, 0) is 13.2 Å². The maximum absolute atomic E-state index is 9.52. The van der Waals surface area contributed by atoms with Crippen LogP contribution in [0.15, 0.2) is 61.2 Å². The lowest BCUT2D eigenvalue weighted by Gasteiger charge is -2.11. The van der Waals surface area contributed by atoms with E-state index in [-0.39, 0.29) is 6.61 Å². The van der Waals surface area contributed by atoms with Gasteiger partial charge in [0.25, 0.3) is 0 Å². The van der Waals surface area contributed by atoms with Crippen LogP contribution in [-0.4, -0.2) is 14.7 Å². The van der Waals surface area contributed by atoms with Crippen LogP contribution in [0.1, 0.15) is 16.7 Å². The van der Waals surface area contributed by atoms with Gasteiger partial charge in [0.15, 0.2) is 0 Å². The van der Waals surface area contributed by atoms with Crippen molar-refractivity contribution in [2.24, 2.45) is 0 Å².